The van der Waals surface area contributed by atoms with E-state index in [9.17, 15) is 0 Å². The third kappa shape index (κ3) is 4.32. The van der Waals surface area contributed by atoms with E-state index in [0.29, 0.717) is 6.13 Å². The van der Waals surface area contributed by atoms with E-state index in [0.717, 1.165) is 11.8 Å². The van der Waals surface area contributed by atoms with Crippen LogP contribution in [0.1, 0.15) is 64.2 Å². The van der Waals surface area contributed by atoms with E-state index in [1.54, 1.807) is 0 Å². The molecule has 16 heavy (non-hydrogen) atoms. The molecule has 0 aromatic heterocycles. The van der Waals surface area contributed by atoms with Crippen molar-refractivity contribution in [3.63, 3.8) is 0 Å². The van der Waals surface area contributed by atoms with E-state index in [-0.39, 0.29) is 0 Å². The monoisotopic (exact) mass is 240 g/mol. The minimum Gasteiger partial charge on any atom is -0.196 e. The minimum absolute atomic E-state index is 0.473. The van der Waals surface area contributed by atoms with Gasteiger partial charge in [0.25, 0.3) is 6.13 Å². The summed E-state index contributed by atoms with van der Waals surface area (Å²) in [5.41, 5.74) is 0. The molecule has 0 heterocycles. The van der Waals surface area contributed by atoms with Crippen LogP contribution in [0.25, 0.3) is 0 Å². The second-order valence-corrected chi connectivity index (χ2v) is 6.67. The summed E-state index contributed by atoms with van der Waals surface area (Å²) in [4.78, 5) is 0. The number of hydrogen-bond donors (Lipinski definition) is 0. The standard InChI is InChI=1S/C14H26BCl/c16-15(11-9-13-5-1-2-6-13)12-10-14-7-3-4-8-14/h13-14H,1-12H2. The van der Waals surface area contributed by atoms with Crippen LogP contribution in [0.3, 0.4) is 0 Å². The maximum atomic E-state index is 6.44. The van der Waals surface area contributed by atoms with Crippen LogP contribution in [0.5, 0.6) is 0 Å². The van der Waals surface area contributed by atoms with Crippen molar-refractivity contribution < 1.29 is 0 Å². The van der Waals surface area contributed by atoms with E-state index < -0.39 is 0 Å². The lowest BCUT2D eigenvalue weighted by atomic mass is 9.64. The molecule has 0 aromatic rings. The highest BCUT2D eigenvalue weighted by Gasteiger charge is 2.20. The summed E-state index contributed by atoms with van der Waals surface area (Å²) in [6, 6.07) is 0. The second-order valence-electron chi connectivity index (χ2n) is 6.05. The normalized spacial score (nSPS) is 23.1. The third-order valence-corrected chi connectivity index (χ3v) is 5.16. The predicted molar refractivity (Wildman–Crippen MR) is 74.4 cm³/mol. The Labute approximate surface area is 107 Å². The molecule has 0 nitrogen and oxygen atoms in total. The van der Waals surface area contributed by atoms with Crippen molar-refractivity contribution in [3.8, 4) is 0 Å². The van der Waals surface area contributed by atoms with Crippen molar-refractivity contribution in [2.45, 2.75) is 76.8 Å². The first-order valence-corrected chi connectivity index (χ1v) is 7.92. The SMILES string of the molecule is ClB(CCC1CCCC1)CCC1CCCC1. The van der Waals surface area contributed by atoms with Gasteiger partial charge in [-0.15, -0.1) is 0 Å². The molecule has 92 valence electrons. The smallest absolute Gasteiger partial charge is 0.196 e. The Morgan fingerprint density at radius 3 is 1.50 bits per heavy atom. The van der Waals surface area contributed by atoms with Crippen LogP contribution in [0, 0.1) is 11.8 Å². The van der Waals surface area contributed by atoms with Crippen LogP contribution in [0.15, 0.2) is 0 Å². The molecule has 2 aliphatic carbocycles. The maximum absolute atomic E-state index is 6.44. The van der Waals surface area contributed by atoms with Crippen LogP contribution in [-0.4, -0.2) is 6.13 Å². The van der Waals surface area contributed by atoms with Crippen LogP contribution in [0.4, 0.5) is 0 Å². The van der Waals surface area contributed by atoms with E-state index in [1.807, 2.05) is 0 Å². The fraction of sp³-hybridized carbons (Fsp3) is 1.00. The zero-order chi connectivity index (χ0) is 11.2. The molecule has 0 radical (unpaired) electrons. The van der Waals surface area contributed by atoms with Gasteiger partial charge in [-0.2, -0.15) is 11.5 Å². The van der Waals surface area contributed by atoms with Gasteiger partial charge in [-0.3, -0.25) is 0 Å². The molecule has 2 rings (SSSR count). The van der Waals surface area contributed by atoms with Crippen molar-refractivity contribution >= 4 is 17.6 Å². The molecule has 0 amide bonds. The number of hydrogen-bond acceptors (Lipinski definition) is 0. The molecule has 0 N–H and O–H groups in total. The van der Waals surface area contributed by atoms with Gasteiger partial charge in [0.2, 0.25) is 0 Å². The van der Waals surface area contributed by atoms with Gasteiger partial charge < -0.3 is 0 Å². The lowest BCUT2D eigenvalue weighted by Crippen LogP contribution is -2.08. The van der Waals surface area contributed by atoms with Crippen molar-refractivity contribution in [1.82, 2.24) is 0 Å². The Bertz CT molecular complexity index is 163. The summed E-state index contributed by atoms with van der Waals surface area (Å²) in [7, 11) is 0. The molecule has 0 aliphatic heterocycles. The van der Waals surface area contributed by atoms with Gasteiger partial charge in [-0.05, 0) is 11.8 Å². The Kier molecular flexibility index (Phi) is 5.55. The van der Waals surface area contributed by atoms with E-state index in [1.165, 1.54) is 76.8 Å². The molecule has 0 atom stereocenters. The molecule has 0 spiro atoms. The van der Waals surface area contributed by atoms with Gasteiger partial charge in [-0.1, -0.05) is 76.8 Å². The van der Waals surface area contributed by atoms with Gasteiger partial charge in [0, 0.05) is 0 Å². The summed E-state index contributed by atoms with van der Waals surface area (Å²) < 4.78 is 0. The van der Waals surface area contributed by atoms with Crippen LogP contribution in [-0.2, 0) is 0 Å². The molecule has 0 aromatic carbocycles. The highest BCUT2D eigenvalue weighted by Crippen LogP contribution is 2.32. The molecular weight excluding hydrogens is 214 g/mol. The zero-order valence-corrected chi connectivity index (χ0v) is 11.4. The van der Waals surface area contributed by atoms with E-state index in [4.69, 9.17) is 11.5 Å². The van der Waals surface area contributed by atoms with E-state index >= 15 is 0 Å². The largest absolute Gasteiger partial charge is 0.250 e. The zero-order valence-electron chi connectivity index (χ0n) is 10.6. The van der Waals surface area contributed by atoms with Crippen LogP contribution >= 0.6 is 11.5 Å². The molecule has 2 saturated carbocycles. The number of halogens is 1. The molecule has 2 heteroatoms. The summed E-state index contributed by atoms with van der Waals surface area (Å²) in [6.07, 6.45) is 17.6. The summed E-state index contributed by atoms with van der Waals surface area (Å²) in [5.74, 6) is 2.04. The molecule has 0 unspecified atom stereocenters. The van der Waals surface area contributed by atoms with Gasteiger partial charge >= 0.3 is 0 Å². The Morgan fingerprint density at radius 2 is 1.12 bits per heavy atom. The van der Waals surface area contributed by atoms with Gasteiger partial charge in [0.15, 0.2) is 0 Å². The predicted octanol–water partition coefficient (Wildman–Crippen LogP) is 5.38. The molecular formula is C14H26BCl. The Hall–Kier alpha value is 0.355. The fourth-order valence-electron chi connectivity index (χ4n) is 3.58. The first kappa shape index (κ1) is 12.8. The van der Waals surface area contributed by atoms with E-state index in [2.05, 4.69) is 0 Å². The first-order chi connectivity index (χ1) is 7.84. The Balaban J connectivity index is 1.51. The van der Waals surface area contributed by atoms with Crippen molar-refractivity contribution in [3.05, 3.63) is 0 Å². The average Bonchev–Trinajstić information content (AvgIpc) is 2.96. The summed E-state index contributed by atoms with van der Waals surface area (Å²) >= 11 is 6.44. The molecule has 2 aliphatic rings. The average molecular weight is 241 g/mol. The lowest BCUT2D eigenvalue weighted by molar-refractivity contribution is 0.519. The highest BCUT2D eigenvalue weighted by atomic mass is 35.5. The van der Waals surface area contributed by atoms with Crippen molar-refractivity contribution in [1.29, 1.82) is 0 Å². The highest BCUT2D eigenvalue weighted by molar-refractivity contribution is 7.06. The third-order valence-electron chi connectivity index (χ3n) is 4.73. The molecule has 0 bridgehead atoms. The molecule has 2 fully saturated rings. The van der Waals surface area contributed by atoms with Crippen LogP contribution < -0.4 is 0 Å². The fourth-order valence-corrected chi connectivity index (χ4v) is 3.83. The maximum Gasteiger partial charge on any atom is 0.250 e. The summed E-state index contributed by atoms with van der Waals surface area (Å²) in [5, 5.41) is 0. The molecule has 0 saturated heterocycles. The van der Waals surface area contributed by atoms with Crippen molar-refractivity contribution in [2.75, 3.05) is 0 Å². The second kappa shape index (κ2) is 6.94. The summed E-state index contributed by atoms with van der Waals surface area (Å²) in [6.45, 7) is 0. The quantitative estimate of drug-likeness (QED) is 0.547. The Morgan fingerprint density at radius 1 is 0.750 bits per heavy atom. The van der Waals surface area contributed by atoms with Gasteiger partial charge in [0.05, 0.1) is 0 Å². The minimum atomic E-state index is 0.473. The number of rotatable bonds is 6. The van der Waals surface area contributed by atoms with Crippen molar-refractivity contribution in [2.24, 2.45) is 11.8 Å². The van der Waals surface area contributed by atoms with Gasteiger partial charge in [0.1, 0.15) is 0 Å². The topological polar surface area (TPSA) is 0 Å². The van der Waals surface area contributed by atoms with Gasteiger partial charge in [-0.25, -0.2) is 0 Å². The first-order valence-electron chi connectivity index (χ1n) is 7.48. The lowest BCUT2D eigenvalue weighted by Gasteiger charge is -2.13. The van der Waals surface area contributed by atoms with Crippen LogP contribution in [0.2, 0.25) is 12.6 Å².